The van der Waals surface area contributed by atoms with Crippen molar-refractivity contribution in [2.75, 3.05) is 19.7 Å². The molecule has 5 nitrogen and oxygen atoms in total. The van der Waals surface area contributed by atoms with E-state index in [9.17, 15) is 4.79 Å². The molecule has 106 valence electrons. The summed E-state index contributed by atoms with van der Waals surface area (Å²) in [6, 6.07) is 1.94. The zero-order valence-electron chi connectivity index (χ0n) is 11.5. The SMILES string of the molecule is Cc1csc(C(=O)N2CCOC(c3ncc(C)[nH]3)C2)c1. The first kappa shape index (κ1) is 13.3. The van der Waals surface area contributed by atoms with Crippen LogP contribution in [0, 0.1) is 13.8 Å². The molecule has 0 aliphatic carbocycles. The number of H-pyrrole nitrogens is 1. The minimum absolute atomic E-state index is 0.0830. The number of ether oxygens (including phenoxy) is 1. The van der Waals surface area contributed by atoms with E-state index in [0.29, 0.717) is 19.7 Å². The molecule has 0 spiro atoms. The Morgan fingerprint density at radius 1 is 1.55 bits per heavy atom. The van der Waals surface area contributed by atoms with Crippen LogP contribution in [0.5, 0.6) is 0 Å². The molecule has 1 atom stereocenters. The van der Waals surface area contributed by atoms with Crippen molar-refractivity contribution in [2.45, 2.75) is 20.0 Å². The van der Waals surface area contributed by atoms with Crippen LogP contribution in [-0.4, -0.2) is 40.5 Å². The summed E-state index contributed by atoms with van der Waals surface area (Å²) in [6.07, 6.45) is 1.62. The van der Waals surface area contributed by atoms with Crippen LogP contribution in [0.2, 0.25) is 0 Å². The third-order valence-corrected chi connectivity index (χ3v) is 4.36. The van der Waals surface area contributed by atoms with Crippen LogP contribution < -0.4 is 0 Å². The van der Waals surface area contributed by atoms with Gasteiger partial charge in [-0.25, -0.2) is 4.98 Å². The predicted molar refractivity (Wildman–Crippen MR) is 77.0 cm³/mol. The number of aromatic amines is 1. The quantitative estimate of drug-likeness (QED) is 0.923. The van der Waals surface area contributed by atoms with Crippen molar-refractivity contribution in [3.05, 3.63) is 39.6 Å². The standard InChI is InChI=1S/C14H17N3O2S/c1-9-5-12(20-8-9)14(18)17-3-4-19-11(7-17)13-15-6-10(2)16-13/h5-6,8,11H,3-4,7H2,1-2H3,(H,15,16). The number of carbonyl (C=O) groups excluding carboxylic acids is 1. The second-order valence-electron chi connectivity index (χ2n) is 5.05. The lowest BCUT2D eigenvalue weighted by Gasteiger charge is -2.31. The van der Waals surface area contributed by atoms with E-state index < -0.39 is 0 Å². The number of morpholine rings is 1. The van der Waals surface area contributed by atoms with Crippen molar-refractivity contribution >= 4 is 17.2 Å². The number of aryl methyl sites for hydroxylation is 2. The lowest BCUT2D eigenvalue weighted by atomic mass is 10.2. The average Bonchev–Trinajstić information content (AvgIpc) is 3.07. The third-order valence-electron chi connectivity index (χ3n) is 3.32. The molecular weight excluding hydrogens is 274 g/mol. The van der Waals surface area contributed by atoms with Gasteiger partial charge >= 0.3 is 0 Å². The molecule has 1 N–H and O–H groups in total. The van der Waals surface area contributed by atoms with E-state index in [-0.39, 0.29) is 12.0 Å². The molecule has 2 aromatic heterocycles. The molecule has 2 aromatic rings. The minimum atomic E-state index is -0.164. The van der Waals surface area contributed by atoms with Crippen LogP contribution in [0.25, 0.3) is 0 Å². The summed E-state index contributed by atoms with van der Waals surface area (Å²) in [6.45, 7) is 5.67. The normalized spacial score (nSPS) is 19.3. The van der Waals surface area contributed by atoms with E-state index in [2.05, 4.69) is 9.97 Å². The van der Waals surface area contributed by atoms with Crippen LogP contribution in [0.15, 0.2) is 17.6 Å². The number of amides is 1. The second-order valence-corrected chi connectivity index (χ2v) is 5.96. The van der Waals surface area contributed by atoms with Gasteiger partial charge in [-0.05, 0) is 30.9 Å². The van der Waals surface area contributed by atoms with Crippen molar-refractivity contribution in [3.63, 3.8) is 0 Å². The van der Waals surface area contributed by atoms with Gasteiger partial charge in [0.05, 0.1) is 18.0 Å². The fourth-order valence-corrected chi connectivity index (χ4v) is 3.16. The minimum Gasteiger partial charge on any atom is -0.367 e. The molecule has 1 saturated heterocycles. The van der Waals surface area contributed by atoms with Crippen LogP contribution >= 0.6 is 11.3 Å². The molecule has 0 saturated carbocycles. The van der Waals surface area contributed by atoms with Gasteiger partial charge in [-0.2, -0.15) is 0 Å². The second kappa shape index (κ2) is 5.38. The number of rotatable bonds is 2. The van der Waals surface area contributed by atoms with Gasteiger partial charge in [0.1, 0.15) is 11.9 Å². The van der Waals surface area contributed by atoms with E-state index in [1.165, 1.54) is 11.3 Å². The van der Waals surface area contributed by atoms with Crippen LogP contribution in [-0.2, 0) is 4.74 Å². The molecule has 1 amide bonds. The van der Waals surface area contributed by atoms with E-state index in [4.69, 9.17) is 4.74 Å². The lowest BCUT2D eigenvalue weighted by Crippen LogP contribution is -2.42. The Kier molecular flexibility index (Phi) is 3.58. The van der Waals surface area contributed by atoms with E-state index in [0.717, 1.165) is 22.0 Å². The van der Waals surface area contributed by atoms with E-state index >= 15 is 0 Å². The highest BCUT2D eigenvalue weighted by Gasteiger charge is 2.28. The Hall–Kier alpha value is -1.66. The first-order chi connectivity index (χ1) is 9.63. The number of imidazole rings is 1. The smallest absolute Gasteiger partial charge is 0.264 e. The molecule has 1 unspecified atom stereocenters. The number of carbonyl (C=O) groups is 1. The number of hydrogen-bond acceptors (Lipinski definition) is 4. The highest BCUT2D eigenvalue weighted by atomic mass is 32.1. The van der Waals surface area contributed by atoms with E-state index in [1.807, 2.05) is 30.2 Å². The molecule has 6 heteroatoms. The Labute approximate surface area is 121 Å². The number of hydrogen-bond donors (Lipinski definition) is 1. The maximum Gasteiger partial charge on any atom is 0.264 e. The Morgan fingerprint density at radius 3 is 3.05 bits per heavy atom. The van der Waals surface area contributed by atoms with Gasteiger partial charge in [-0.15, -0.1) is 11.3 Å². The summed E-state index contributed by atoms with van der Waals surface area (Å²) in [5, 5.41) is 2.00. The Bertz CT molecular complexity index is 619. The fourth-order valence-electron chi connectivity index (χ4n) is 2.29. The van der Waals surface area contributed by atoms with Crippen molar-refractivity contribution in [1.82, 2.24) is 14.9 Å². The van der Waals surface area contributed by atoms with Crippen molar-refractivity contribution in [2.24, 2.45) is 0 Å². The van der Waals surface area contributed by atoms with Crippen LogP contribution in [0.1, 0.15) is 32.9 Å². The molecule has 20 heavy (non-hydrogen) atoms. The summed E-state index contributed by atoms with van der Waals surface area (Å²) < 4.78 is 5.71. The summed E-state index contributed by atoms with van der Waals surface area (Å²) in [5.74, 6) is 0.877. The maximum absolute atomic E-state index is 12.4. The molecule has 1 fully saturated rings. The van der Waals surface area contributed by atoms with Gasteiger partial charge in [0.2, 0.25) is 0 Å². The van der Waals surface area contributed by atoms with E-state index in [1.54, 1.807) is 6.20 Å². The predicted octanol–water partition coefficient (Wildman–Crippen LogP) is 2.30. The van der Waals surface area contributed by atoms with Gasteiger partial charge in [-0.3, -0.25) is 4.79 Å². The van der Waals surface area contributed by atoms with Gasteiger partial charge in [0.15, 0.2) is 0 Å². The molecular formula is C14H17N3O2S. The summed E-state index contributed by atoms with van der Waals surface area (Å²) in [5.41, 5.74) is 2.13. The molecule has 0 radical (unpaired) electrons. The molecule has 1 aliphatic heterocycles. The number of thiophene rings is 1. The largest absolute Gasteiger partial charge is 0.367 e. The maximum atomic E-state index is 12.4. The van der Waals surface area contributed by atoms with Crippen molar-refractivity contribution in [1.29, 1.82) is 0 Å². The lowest BCUT2D eigenvalue weighted by molar-refractivity contribution is -0.0263. The topological polar surface area (TPSA) is 58.2 Å². The molecule has 3 rings (SSSR count). The van der Waals surface area contributed by atoms with Crippen LogP contribution in [0.3, 0.4) is 0 Å². The first-order valence-electron chi connectivity index (χ1n) is 6.61. The highest BCUT2D eigenvalue weighted by molar-refractivity contribution is 7.12. The molecule has 3 heterocycles. The monoisotopic (exact) mass is 291 g/mol. The van der Waals surface area contributed by atoms with Crippen LogP contribution in [0.4, 0.5) is 0 Å². The molecule has 0 bridgehead atoms. The van der Waals surface area contributed by atoms with Gasteiger partial charge in [0.25, 0.3) is 5.91 Å². The van der Waals surface area contributed by atoms with Gasteiger partial charge < -0.3 is 14.6 Å². The summed E-state index contributed by atoms with van der Waals surface area (Å²) in [7, 11) is 0. The van der Waals surface area contributed by atoms with Crippen molar-refractivity contribution in [3.8, 4) is 0 Å². The van der Waals surface area contributed by atoms with Crippen molar-refractivity contribution < 1.29 is 9.53 Å². The zero-order valence-corrected chi connectivity index (χ0v) is 12.4. The number of nitrogens with zero attached hydrogens (tertiary/aromatic N) is 2. The zero-order chi connectivity index (χ0) is 14.1. The molecule has 0 aromatic carbocycles. The Morgan fingerprint density at radius 2 is 2.40 bits per heavy atom. The van der Waals surface area contributed by atoms with Gasteiger partial charge in [0, 0.05) is 18.4 Å². The summed E-state index contributed by atoms with van der Waals surface area (Å²) in [4.78, 5) is 22.6. The molecule has 1 aliphatic rings. The fraction of sp³-hybridized carbons (Fsp3) is 0.429. The third kappa shape index (κ3) is 2.62. The number of nitrogens with one attached hydrogen (secondary N) is 1. The summed E-state index contributed by atoms with van der Waals surface area (Å²) >= 11 is 1.50. The highest BCUT2D eigenvalue weighted by Crippen LogP contribution is 2.23. The average molecular weight is 291 g/mol. The number of aromatic nitrogens is 2. The first-order valence-corrected chi connectivity index (χ1v) is 7.49. The van der Waals surface area contributed by atoms with Gasteiger partial charge in [-0.1, -0.05) is 0 Å². The Balaban J connectivity index is 1.73.